The van der Waals surface area contributed by atoms with E-state index < -0.39 is 12.0 Å². The number of hydrogen-bond acceptors (Lipinski definition) is 3. The van der Waals surface area contributed by atoms with Gasteiger partial charge < -0.3 is 16.2 Å². The number of carbonyl (C=O) groups excluding carboxylic acids is 1. The molecule has 0 aliphatic carbocycles. The number of nitrogens with two attached hydrogens (primary N) is 1. The number of rotatable bonds is 9. The maximum absolute atomic E-state index is 11.4. The smallest absolute Gasteiger partial charge is 0.326 e. The summed E-state index contributed by atoms with van der Waals surface area (Å²) in [6.45, 7) is 2.42. The van der Waals surface area contributed by atoms with Crippen molar-refractivity contribution in [1.82, 2.24) is 5.32 Å². The molecule has 1 amide bonds. The van der Waals surface area contributed by atoms with Gasteiger partial charge in [-0.15, -0.1) is 0 Å². The summed E-state index contributed by atoms with van der Waals surface area (Å²) in [6.07, 6.45) is 4.58. The first-order valence-corrected chi connectivity index (χ1v) is 5.84. The van der Waals surface area contributed by atoms with E-state index in [1.165, 1.54) is 0 Å². The first-order valence-electron chi connectivity index (χ1n) is 5.84. The lowest BCUT2D eigenvalue weighted by atomic mass is 10.1. The van der Waals surface area contributed by atoms with Gasteiger partial charge in [-0.05, 0) is 25.8 Å². The van der Waals surface area contributed by atoms with Crippen molar-refractivity contribution in [2.75, 3.05) is 6.54 Å². The predicted octanol–water partition coefficient (Wildman–Crippen LogP) is 0.875. The molecule has 0 aliphatic heterocycles. The molecule has 0 radical (unpaired) electrons. The van der Waals surface area contributed by atoms with Gasteiger partial charge in [-0.25, -0.2) is 4.79 Å². The van der Waals surface area contributed by atoms with Crippen molar-refractivity contribution in [2.45, 2.75) is 51.5 Å². The van der Waals surface area contributed by atoms with Crippen molar-refractivity contribution < 1.29 is 14.7 Å². The largest absolute Gasteiger partial charge is 0.480 e. The molecular formula is C11H22N2O3. The lowest BCUT2D eigenvalue weighted by Crippen LogP contribution is -2.40. The van der Waals surface area contributed by atoms with Crippen LogP contribution in [0.1, 0.15) is 45.4 Å². The number of nitrogens with one attached hydrogen (secondary N) is 1. The van der Waals surface area contributed by atoms with Crippen LogP contribution in [-0.2, 0) is 9.59 Å². The topological polar surface area (TPSA) is 92.4 Å². The van der Waals surface area contributed by atoms with Gasteiger partial charge in [0.15, 0.2) is 0 Å². The van der Waals surface area contributed by atoms with Crippen LogP contribution in [0.5, 0.6) is 0 Å². The van der Waals surface area contributed by atoms with Crippen LogP contribution in [0.3, 0.4) is 0 Å². The van der Waals surface area contributed by atoms with Crippen LogP contribution in [0.25, 0.3) is 0 Å². The van der Waals surface area contributed by atoms with Gasteiger partial charge in [0.05, 0.1) is 0 Å². The van der Waals surface area contributed by atoms with E-state index in [1.54, 1.807) is 6.92 Å². The Morgan fingerprint density at radius 3 is 2.38 bits per heavy atom. The van der Waals surface area contributed by atoms with E-state index in [0.717, 1.165) is 25.7 Å². The van der Waals surface area contributed by atoms with E-state index in [1.807, 2.05) is 0 Å². The molecule has 0 spiro atoms. The highest BCUT2D eigenvalue weighted by Crippen LogP contribution is 2.02. The summed E-state index contributed by atoms with van der Waals surface area (Å²) >= 11 is 0. The van der Waals surface area contributed by atoms with Crippen LogP contribution in [0, 0.1) is 0 Å². The normalized spacial score (nSPS) is 12.1. The van der Waals surface area contributed by atoms with Gasteiger partial charge in [0.25, 0.3) is 0 Å². The number of carboxylic acid groups (broad SMARTS) is 1. The summed E-state index contributed by atoms with van der Waals surface area (Å²) < 4.78 is 0. The first kappa shape index (κ1) is 14.9. The highest BCUT2D eigenvalue weighted by Gasteiger charge is 2.16. The van der Waals surface area contributed by atoms with E-state index in [0.29, 0.717) is 19.4 Å². The second-order valence-corrected chi connectivity index (χ2v) is 3.82. The number of carboxylic acids is 1. The lowest BCUT2D eigenvalue weighted by Gasteiger charge is -2.11. The van der Waals surface area contributed by atoms with Gasteiger partial charge in [0, 0.05) is 6.42 Å². The van der Waals surface area contributed by atoms with Crippen LogP contribution in [0.4, 0.5) is 0 Å². The molecule has 0 heterocycles. The molecule has 0 unspecified atom stereocenters. The Bertz CT molecular complexity index is 219. The average Bonchev–Trinajstić information content (AvgIpc) is 2.25. The van der Waals surface area contributed by atoms with Gasteiger partial charge >= 0.3 is 5.97 Å². The zero-order valence-corrected chi connectivity index (χ0v) is 9.87. The van der Waals surface area contributed by atoms with Gasteiger partial charge in [-0.3, -0.25) is 4.79 Å². The molecule has 0 bridgehead atoms. The Morgan fingerprint density at radius 2 is 1.88 bits per heavy atom. The summed E-state index contributed by atoms with van der Waals surface area (Å²) in [7, 11) is 0. The van der Waals surface area contributed by atoms with Crippen molar-refractivity contribution in [3.8, 4) is 0 Å². The van der Waals surface area contributed by atoms with Gasteiger partial charge in [0.2, 0.25) is 5.91 Å². The third-order valence-corrected chi connectivity index (χ3v) is 2.40. The van der Waals surface area contributed by atoms with Crippen LogP contribution < -0.4 is 11.1 Å². The van der Waals surface area contributed by atoms with Crippen molar-refractivity contribution in [3.05, 3.63) is 0 Å². The number of hydrogen-bond donors (Lipinski definition) is 3. The molecule has 0 rings (SSSR count). The fourth-order valence-electron chi connectivity index (χ4n) is 1.39. The third kappa shape index (κ3) is 7.23. The number of unbranched alkanes of at least 4 members (excludes halogenated alkanes) is 3. The average molecular weight is 230 g/mol. The lowest BCUT2D eigenvalue weighted by molar-refractivity contribution is -0.141. The maximum Gasteiger partial charge on any atom is 0.326 e. The quantitative estimate of drug-likeness (QED) is 0.512. The highest BCUT2D eigenvalue weighted by molar-refractivity contribution is 5.83. The van der Waals surface area contributed by atoms with Crippen molar-refractivity contribution >= 4 is 11.9 Å². The van der Waals surface area contributed by atoms with Crippen LogP contribution >= 0.6 is 0 Å². The van der Waals surface area contributed by atoms with Crippen molar-refractivity contribution in [1.29, 1.82) is 0 Å². The molecule has 94 valence electrons. The van der Waals surface area contributed by atoms with E-state index in [4.69, 9.17) is 10.8 Å². The second-order valence-electron chi connectivity index (χ2n) is 3.82. The molecule has 5 nitrogen and oxygen atoms in total. The zero-order chi connectivity index (χ0) is 12.4. The van der Waals surface area contributed by atoms with Crippen molar-refractivity contribution in [2.24, 2.45) is 5.73 Å². The Hall–Kier alpha value is -1.10. The highest BCUT2D eigenvalue weighted by atomic mass is 16.4. The summed E-state index contributed by atoms with van der Waals surface area (Å²) in [5.74, 6) is -1.15. The first-order chi connectivity index (χ1) is 7.61. The molecule has 0 aromatic rings. The van der Waals surface area contributed by atoms with E-state index in [-0.39, 0.29) is 5.91 Å². The predicted molar refractivity (Wildman–Crippen MR) is 62.0 cm³/mol. The van der Waals surface area contributed by atoms with E-state index in [2.05, 4.69) is 5.32 Å². The summed E-state index contributed by atoms with van der Waals surface area (Å²) in [6, 6.07) is -0.753. The van der Waals surface area contributed by atoms with Gasteiger partial charge in [-0.2, -0.15) is 0 Å². The Balaban J connectivity index is 3.61. The van der Waals surface area contributed by atoms with E-state index in [9.17, 15) is 9.59 Å². The standard InChI is InChI=1S/C11H22N2O3/c1-2-9(11(15)16)13-10(14)7-5-3-4-6-8-12/h9H,2-8,12H2,1H3,(H,13,14)(H,15,16)/t9-/m0/s1. The van der Waals surface area contributed by atoms with E-state index >= 15 is 0 Å². The summed E-state index contributed by atoms with van der Waals surface area (Å²) in [5.41, 5.74) is 5.34. The second kappa shape index (κ2) is 9.15. The van der Waals surface area contributed by atoms with Gasteiger partial charge in [-0.1, -0.05) is 19.8 Å². The molecular weight excluding hydrogens is 208 g/mol. The Morgan fingerprint density at radius 1 is 1.25 bits per heavy atom. The summed E-state index contributed by atoms with van der Waals surface area (Å²) in [4.78, 5) is 22.0. The number of amides is 1. The van der Waals surface area contributed by atoms with Crippen LogP contribution in [0.15, 0.2) is 0 Å². The fourth-order valence-corrected chi connectivity index (χ4v) is 1.39. The molecule has 0 saturated carbocycles. The number of carbonyl (C=O) groups is 2. The van der Waals surface area contributed by atoms with Crippen molar-refractivity contribution in [3.63, 3.8) is 0 Å². The molecule has 16 heavy (non-hydrogen) atoms. The molecule has 4 N–H and O–H groups in total. The fraction of sp³-hybridized carbons (Fsp3) is 0.818. The SMILES string of the molecule is CC[C@H](NC(=O)CCCCCCN)C(=O)O. The molecule has 0 aromatic carbocycles. The monoisotopic (exact) mass is 230 g/mol. The Labute approximate surface area is 96.4 Å². The zero-order valence-electron chi connectivity index (χ0n) is 9.87. The van der Waals surface area contributed by atoms with Crippen LogP contribution in [0.2, 0.25) is 0 Å². The summed E-state index contributed by atoms with van der Waals surface area (Å²) in [5, 5.41) is 11.2. The molecule has 0 aromatic heterocycles. The van der Waals surface area contributed by atoms with Crippen LogP contribution in [-0.4, -0.2) is 29.6 Å². The molecule has 0 aliphatic rings. The molecule has 1 atom stereocenters. The number of aliphatic carboxylic acids is 1. The molecule has 5 heteroatoms. The van der Waals surface area contributed by atoms with Gasteiger partial charge in [0.1, 0.15) is 6.04 Å². The molecule has 0 saturated heterocycles. The third-order valence-electron chi connectivity index (χ3n) is 2.40. The molecule has 0 fully saturated rings. The minimum absolute atomic E-state index is 0.179. The minimum Gasteiger partial charge on any atom is -0.480 e. The Kier molecular flexibility index (Phi) is 8.52. The maximum atomic E-state index is 11.4. The minimum atomic E-state index is -0.973.